The lowest BCUT2D eigenvalue weighted by molar-refractivity contribution is -0.0667. The van der Waals surface area contributed by atoms with Gasteiger partial charge in [-0.2, -0.15) is 0 Å². The maximum Gasteiger partial charge on any atom is 0.194 e. The molecule has 1 aromatic rings. The quantitative estimate of drug-likeness (QED) is 0.420. The first-order valence-corrected chi connectivity index (χ1v) is 9.19. The van der Waals surface area contributed by atoms with Gasteiger partial charge in [0, 0.05) is 42.4 Å². The van der Waals surface area contributed by atoms with Crippen molar-refractivity contribution < 1.29 is 0 Å². The molecule has 0 radical (unpaired) electrons. The van der Waals surface area contributed by atoms with Gasteiger partial charge in [-0.15, -0.1) is 35.3 Å². The molecule has 1 fully saturated rings. The Labute approximate surface area is 162 Å². The molecule has 0 aliphatic carbocycles. The number of thiazole rings is 1. The lowest BCUT2D eigenvalue weighted by Crippen LogP contribution is -2.72. The molecule has 2 heterocycles. The number of guanidine groups is 1. The van der Waals surface area contributed by atoms with Crippen LogP contribution >= 0.6 is 35.3 Å². The van der Waals surface area contributed by atoms with E-state index in [2.05, 4.69) is 62.1 Å². The summed E-state index contributed by atoms with van der Waals surface area (Å²) in [6.45, 7) is 16.3. The molecule has 0 saturated carbocycles. The summed E-state index contributed by atoms with van der Waals surface area (Å²) in [7, 11) is 0. The third-order valence-corrected chi connectivity index (χ3v) is 6.05. The summed E-state index contributed by atoms with van der Waals surface area (Å²) in [5.74, 6) is 1.04. The van der Waals surface area contributed by atoms with Crippen molar-refractivity contribution in [1.29, 1.82) is 0 Å². The van der Waals surface area contributed by atoms with Crippen LogP contribution in [-0.2, 0) is 12.8 Å². The zero-order chi connectivity index (χ0) is 16.4. The number of nitrogens with zero attached hydrogens (tertiary/aromatic N) is 3. The van der Waals surface area contributed by atoms with Gasteiger partial charge in [0.15, 0.2) is 5.96 Å². The average molecular weight is 450 g/mol. The van der Waals surface area contributed by atoms with Gasteiger partial charge in [-0.25, -0.2) is 4.98 Å². The van der Waals surface area contributed by atoms with E-state index in [4.69, 9.17) is 4.99 Å². The fourth-order valence-electron chi connectivity index (χ4n) is 2.70. The van der Waals surface area contributed by atoms with E-state index in [1.165, 1.54) is 10.7 Å². The molecule has 1 saturated heterocycles. The van der Waals surface area contributed by atoms with Crippen molar-refractivity contribution in [2.45, 2.75) is 59.9 Å². The molecular formula is C17H31IN4S. The Balaban J connectivity index is 0.00000264. The highest BCUT2D eigenvalue weighted by Gasteiger charge is 2.53. The van der Waals surface area contributed by atoms with Gasteiger partial charge in [-0.05, 0) is 27.2 Å². The van der Waals surface area contributed by atoms with Gasteiger partial charge < -0.3 is 10.2 Å². The van der Waals surface area contributed by atoms with Crippen molar-refractivity contribution in [3.63, 3.8) is 0 Å². The lowest BCUT2D eigenvalue weighted by atomic mass is 9.65. The van der Waals surface area contributed by atoms with Crippen LogP contribution < -0.4 is 5.32 Å². The molecule has 6 heteroatoms. The zero-order valence-corrected chi connectivity index (χ0v) is 18.4. The fourth-order valence-corrected chi connectivity index (χ4v) is 3.48. The summed E-state index contributed by atoms with van der Waals surface area (Å²) in [4.78, 5) is 11.8. The molecule has 23 heavy (non-hydrogen) atoms. The Kier molecular flexibility index (Phi) is 7.32. The summed E-state index contributed by atoms with van der Waals surface area (Å²) >= 11 is 1.75. The predicted molar refractivity (Wildman–Crippen MR) is 111 cm³/mol. The third-order valence-electron chi connectivity index (χ3n) is 5.01. The molecule has 1 aliphatic rings. The first-order chi connectivity index (χ1) is 10.3. The van der Waals surface area contributed by atoms with Gasteiger partial charge in [0.05, 0.1) is 10.7 Å². The number of likely N-dealkylation sites (tertiary alicyclic amines) is 1. The minimum absolute atomic E-state index is 0. The minimum Gasteiger partial charge on any atom is -0.356 e. The Hall–Kier alpha value is -0.370. The maximum atomic E-state index is 4.82. The van der Waals surface area contributed by atoms with Gasteiger partial charge in [-0.3, -0.25) is 4.99 Å². The van der Waals surface area contributed by atoms with E-state index in [0.29, 0.717) is 5.41 Å². The van der Waals surface area contributed by atoms with Crippen LogP contribution in [0.25, 0.3) is 0 Å². The smallest absolute Gasteiger partial charge is 0.194 e. The Morgan fingerprint density at radius 2 is 2.04 bits per heavy atom. The summed E-state index contributed by atoms with van der Waals surface area (Å²) in [5, 5.41) is 6.82. The minimum atomic E-state index is 0. The van der Waals surface area contributed by atoms with E-state index in [-0.39, 0.29) is 29.5 Å². The van der Waals surface area contributed by atoms with E-state index >= 15 is 0 Å². The second kappa shape index (κ2) is 8.14. The normalized spacial score (nSPS) is 19.0. The Morgan fingerprint density at radius 3 is 2.52 bits per heavy atom. The van der Waals surface area contributed by atoms with E-state index in [9.17, 15) is 0 Å². The number of aliphatic imine (C=N–C) groups is 1. The van der Waals surface area contributed by atoms with Crippen LogP contribution in [-0.4, -0.2) is 41.0 Å². The van der Waals surface area contributed by atoms with Gasteiger partial charge >= 0.3 is 0 Å². The molecule has 0 bridgehead atoms. The highest BCUT2D eigenvalue weighted by molar-refractivity contribution is 14.0. The monoisotopic (exact) mass is 450 g/mol. The number of rotatable bonds is 5. The van der Waals surface area contributed by atoms with E-state index in [0.717, 1.165) is 38.4 Å². The van der Waals surface area contributed by atoms with Crippen LogP contribution in [0.2, 0.25) is 0 Å². The summed E-state index contributed by atoms with van der Waals surface area (Å²) in [6.07, 6.45) is 1.94. The van der Waals surface area contributed by atoms with Crippen molar-refractivity contribution in [1.82, 2.24) is 15.2 Å². The fraction of sp³-hybridized carbons (Fsp3) is 0.765. The predicted octanol–water partition coefficient (Wildman–Crippen LogP) is 3.95. The van der Waals surface area contributed by atoms with Gasteiger partial charge in [0.25, 0.3) is 0 Å². The number of halogens is 1. The van der Waals surface area contributed by atoms with E-state index < -0.39 is 0 Å². The molecule has 1 aliphatic heterocycles. The number of hydrogen-bond donors (Lipinski definition) is 1. The van der Waals surface area contributed by atoms with Crippen molar-refractivity contribution in [2.75, 3.05) is 19.6 Å². The second-order valence-electron chi connectivity index (χ2n) is 7.10. The van der Waals surface area contributed by atoms with Crippen molar-refractivity contribution >= 4 is 41.3 Å². The van der Waals surface area contributed by atoms with Crippen LogP contribution in [0.1, 0.15) is 52.2 Å². The summed E-state index contributed by atoms with van der Waals surface area (Å²) in [5.41, 5.74) is 1.64. The third kappa shape index (κ3) is 4.38. The van der Waals surface area contributed by atoms with Crippen molar-refractivity contribution in [3.8, 4) is 0 Å². The first-order valence-electron chi connectivity index (χ1n) is 8.31. The molecular weight excluding hydrogens is 419 g/mol. The van der Waals surface area contributed by atoms with Crippen LogP contribution in [0.15, 0.2) is 10.4 Å². The topological polar surface area (TPSA) is 40.5 Å². The van der Waals surface area contributed by atoms with E-state index in [1.807, 2.05) is 0 Å². The molecule has 0 amide bonds. The van der Waals surface area contributed by atoms with Gasteiger partial charge in [0.1, 0.15) is 0 Å². The number of hydrogen-bond acceptors (Lipinski definition) is 3. The molecule has 0 aromatic carbocycles. The van der Waals surface area contributed by atoms with Crippen LogP contribution in [0.3, 0.4) is 0 Å². The molecule has 2 rings (SSSR count). The molecule has 0 spiro atoms. The van der Waals surface area contributed by atoms with Crippen molar-refractivity contribution in [3.05, 3.63) is 16.1 Å². The van der Waals surface area contributed by atoms with Crippen LogP contribution in [0.5, 0.6) is 0 Å². The second-order valence-corrected chi connectivity index (χ2v) is 8.04. The largest absolute Gasteiger partial charge is 0.356 e. The summed E-state index contributed by atoms with van der Waals surface area (Å²) < 4.78 is 0. The maximum absolute atomic E-state index is 4.82. The number of nitrogens with one attached hydrogen (secondary N) is 1. The molecule has 0 atom stereocenters. The Bertz CT molecular complexity index is 536. The van der Waals surface area contributed by atoms with Gasteiger partial charge in [0.2, 0.25) is 0 Å². The first kappa shape index (κ1) is 20.7. The number of aryl methyl sites for hydroxylation is 1. The Morgan fingerprint density at radius 1 is 1.35 bits per heavy atom. The molecule has 1 N–H and O–H groups in total. The standard InChI is InChI=1S/C17H30N4S.HI/c1-7-14-20-13(11-22-14)9-10-19-15(18-8-2)21-12-16(3,4)17(21,5)6;/h11H,7-10,12H2,1-6H3,(H,18,19);1H. The lowest BCUT2D eigenvalue weighted by Gasteiger charge is -2.62. The van der Waals surface area contributed by atoms with Crippen molar-refractivity contribution in [2.24, 2.45) is 10.4 Å². The zero-order valence-electron chi connectivity index (χ0n) is 15.3. The SMILES string of the molecule is CCNC(=NCCc1csc(CC)n1)N1CC(C)(C)C1(C)C.I. The molecule has 1 aromatic heterocycles. The molecule has 132 valence electrons. The summed E-state index contributed by atoms with van der Waals surface area (Å²) in [6, 6.07) is 0. The van der Waals surface area contributed by atoms with E-state index in [1.54, 1.807) is 11.3 Å². The average Bonchev–Trinajstić information content (AvgIpc) is 2.92. The molecule has 0 unspecified atom stereocenters. The van der Waals surface area contributed by atoms with Gasteiger partial charge in [-0.1, -0.05) is 20.8 Å². The molecule has 4 nitrogen and oxygen atoms in total. The number of aromatic nitrogens is 1. The van der Waals surface area contributed by atoms with Crippen LogP contribution in [0, 0.1) is 5.41 Å². The highest BCUT2D eigenvalue weighted by Crippen LogP contribution is 2.46. The van der Waals surface area contributed by atoms with Crippen LogP contribution in [0.4, 0.5) is 0 Å². The highest BCUT2D eigenvalue weighted by atomic mass is 127.